The molecule has 0 bridgehead atoms. The lowest BCUT2D eigenvalue weighted by Crippen LogP contribution is -2.34. The maximum atomic E-state index is 12.1. The van der Waals surface area contributed by atoms with Gasteiger partial charge >= 0.3 is 12.2 Å². The second-order valence-corrected chi connectivity index (χ2v) is 17.1. The minimum atomic E-state index is -0.538. The Labute approximate surface area is 398 Å². The maximum absolute atomic E-state index is 12.1. The molecule has 0 aromatic carbocycles. The van der Waals surface area contributed by atoms with Crippen LogP contribution in [0.5, 0.6) is 0 Å². The number of hydrogen-bond donors (Lipinski definition) is 4. The molecule has 2 amide bonds. The zero-order chi connectivity index (χ0) is 48.4. The fourth-order valence-corrected chi connectivity index (χ4v) is 5.57. The molecule has 6 rings (SSSR count). The highest BCUT2D eigenvalue weighted by Crippen LogP contribution is 2.18. The Hall–Kier alpha value is -6.72. The van der Waals surface area contributed by atoms with E-state index in [9.17, 15) is 9.59 Å². The van der Waals surface area contributed by atoms with E-state index in [2.05, 4.69) is 61.8 Å². The molecule has 0 aliphatic carbocycles. The van der Waals surface area contributed by atoms with Gasteiger partial charge in [0.1, 0.15) is 44.9 Å². The maximum Gasteiger partial charge on any atom is 0.415 e. The van der Waals surface area contributed by atoms with Crippen molar-refractivity contribution < 1.29 is 19.1 Å². The Morgan fingerprint density at radius 3 is 1.38 bits per heavy atom. The van der Waals surface area contributed by atoms with Crippen LogP contribution < -0.4 is 31.5 Å². The molecule has 0 radical (unpaired) electrons. The summed E-state index contributed by atoms with van der Waals surface area (Å²) in [5, 5.41) is 9.53. The first-order valence-electron chi connectivity index (χ1n) is 21.5. The van der Waals surface area contributed by atoms with Crippen molar-refractivity contribution in [2.75, 3.05) is 66.5 Å². The molecule has 0 saturated carbocycles. The molecule has 6 aromatic heterocycles. The summed E-state index contributed by atoms with van der Waals surface area (Å²) in [7, 11) is 5.14. The fourth-order valence-electron chi connectivity index (χ4n) is 5.24. The van der Waals surface area contributed by atoms with E-state index >= 15 is 0 Å². The van der Waals surface area contributed by atoms with E-state index in [0.717, 1.165) is 54.5 Å². The monoisotopic (exact) mass is 964 g/mol. The topological polar surface area (TPSA) is 199 Å². The van der Waals surface area contributed by atoms with Crippen LogP contribution in [0.3, 0.4) is 0 Å². The summed E-state index contributed by atoms with van der Waals surface area (Å²) < 4.78 is 11.3. The first-order chi connectivity index (χ1) is 31.5. The number of nitrogens with one attached hydrogen (secondary N) is 3. The molecule has 0 unspecified atom stereocenters. The van der Waals surface area contributed by atoms with Crippen LogP contribution in [0, 0.1) is 0 Å². The minimum Gasteiger partial charge on any atom is -0.443 e. The molecule has 0 aliphatic rings. The Morgan fingerprint density at radius 1 is 0.561 bits per heavy atom. The minimum absolute atomic E-state index is 0.418. The molecule has 66 heavy (non-hydrogen) atoms. The van der Waals surface area contributed by atoms with E-state index in [1.54, 1.807) is 44.7 Å². The first-order valence-corrected chi connectivity index (χ1v) is 22.3. The van der Waals surface area contributed by atoms with Gasteiger partial charge < -0.3 is 31.2 Å². The Bertz CT molecular complexity index is 2300. The summed E-state index contributed by atoms with van der Waals surface area (Å²) in [6.07, 6.45) is 7.10. The van der Waals surface area contributed by atoms with Crippen LogP contribution in [0.4, 0.5) is 38.7 Å². The van der Waals surface area contributed by atoms with Crippen molar-refractivity contribution in [1.82, 2.24) is 29.9 Å². The van der Waals surface area contributed by atoms with Crippen LogP contribution in [0.1, 0.15) is 58.6 Å². The third-order valence-electron chi connectivity index (χ3n) is 8.42. The van der Waals surface area contributed by atoms with Crippen LogP contribution in [-0.2, 0) is 28.7 Å². The van der Waals surface area contributed by atoms with Crippen molar-refractivity contribution in [2.45, 2.75) is 72.0 Å². The number of carbonyl (C=O) groups is 2. The smallest absolute Gasteiger partial charge is 0.415 e. The predicted molar refractivity (Wildman–Crippen MR) is 269 cm³/mol. The molecule has 16 nitrogen and oxygen atoms in total. The number of ether oxygens (including phenoxy) is 2. The summed E-state index contributed by atoms with van der Waals surface area (Å²) in [5.74, 6) is 3.54. The molecule has 352 valence electrons. The summed E-state index contributed by atoms with van der Waals surface area (Å²) in [6, 6.07) is 34.4. The van der Waals surface area contributed by atoms with Gasteiger partial charge in [-0.1, -0.05) is 36.4 Å². The van der Waals surface area contributed by atoms with E-state index < -0.39 is 23.4 Å². The van der Waals surface area contributed by atoms with E-state index in [-0.39, 0.29) is 0 Å². The molecular formula is C49H65BrN12O4. The van der Waals surface area contributed by atoms with Crippen molar-refractivity contribution in [3.63, 3.8) is 0 Å². The van der Waals surface area contributed by atoms with Crippen LogP contribution >= 0.6 is 15.9 Å². The highest BCUT2D eigenvalue weighted by Gasteiger charge is 2.22. The molecule has 0 atom stereocenters. The van der Waals surface area contributed by atoms with E-state index in [1.807, 2.05) is 146 Å². The highest BCUT2D eigenvalue weighted by atomic mass is 79.9. The number of amides is 2. The van der Waals surface area contributed by atoms with E-state index in [1.165, 1.54) is 9.80 Å². The number of nitrogens with zero attached hydrogens (tertiary/aromatic N) is 8. The van der Waals surface area contributed by atoms with Gasteiger partial charge in [-0.05, 0) is 137 Å². The normalized spacial score (nSPS) is 10.5. The quantitative estimate of drug-likeness (QED) is 0.0798. The fraction of sp³-hybridized carbons (Fsp3) is 0.347. The molecule has 6 aromatic rings. The van der Waals surface area contributed by atoms with Crippen molar-refractivity contribution in [1.29, 1.82) is 0 Å². The average Bonchev–Trinajstić information content (AvgIpc) is 3.29. The van der Waals surface area contributed by atoms with Gasteiger partial charge in [-0.15, -0.1) is 0 Å². The Balaban J connectivity index is 0.000000245. The molecule has 0 saturated heterocycles. The van der Waals surface area contributed by atoms with Gasteiger partial charge in [-0.2, -0.15) is 0 Å². The Kier molecular flexibility index (Phi) is 22.9. The van der Waals surface area contributed by atoms with Gasteiger partial charge in [0, 0.05) is 89.2 Å². The molecule has 0 aliphatic heterocycles. The molecule has 0 fully saturated rings. The molecule has 5 N–H and O–H groups in total. The van der Waals surface area contributed by atoms with Gasteiger partial charge in [-0.25, -0.2) is 24.5 Å². The van der Waals surface area contributed by atoms with Gasteiger partial charge in [0.15, 0.2) is 0 Å². The van der Waals surface area contributed by atoms with Gasteiger partial charge in [0.2, 0.25) is 0 Å². The zero-order valence-corrected chi connectivity index (χ0v) is 41.1. The van der Waals surface area contributed by atoms with Crippen molar-refractivity contribution >= 4 is 57.2 Å². The standard InChI is InChI=1S/C18H24N4O2.C13H16N4.C11H15BrN2O2.C7H10N2/c1-18(2,3)24-17(23)22(4)16-10-7-9-15(21-16)20-13-11-14-8-5-6-12-19-14;1-14-12-6-4-7-13(17-12)16-10-8-11-5-2-3-9-15-11;1-11(2,3)16-10(15)14(4)9-7-5-6-8(12)13-9;8-5-4-7-3-1-2-6-9-7/h5-10,12H,11,13H2,1-4H3,(H,20,21);2-7,9H,8,10H2,1H3,(H2,14,16,17);5-7H,1-4H3;1-3,6H,4-5,8H2. The Morgan fingerprint density at radius 2 is 0.970 bits per heavy atom. The third-order valence-corrected chi connectivity index (χ3v) is 8.86. The second kappa shape index (κ2) is 28.2. The van der Waals surface area contributed by atoms with Crippen LogP contribution in [0.15, 0.2) is 132 Å². The lowest BCUT2D eigenvalue weighted by molar-refractivity contribution is 0.0577. The molecule has 17 heteroatoms. The summed E-state index contributed by atoms with van der Waals surface area (Å²) >= 11 is 3.25. The SMILES string of the molecule is CN(C(=O)OC(C)(C)C)c1cccc(Br)n1.CN(C(=O)OC(C)(C)C)c1cccc(NCCc2ccccn2)n1.CNc1cccc(NCCc2ccccn2)n1.NCCc1ccccn1. The number of anilines is 5. The number of nitrogens with two attached hydrogens (primary N) is 1. The number of aromatic nitrogens is 6. The molecule has 6 heterocycles. The zero-order valence-electron chi connectivity index (χ0n) is 39.5. The van der Waals surface area contributed by atoms with Crippen LogP contribution in [0.2, 0.25) is 0 Å². The van der Waals surface area contributed by atoms with Crippen molar-refractivity contribution in [2.24, 2.45) is 5.73 Å². The highest BCUT2D eigenvalue weighted by molar-refractivity contribution is 9.10. The molecule has 0 spiro atoms. The number of hydrogen-bond acceptors (Lipinski definition) is 14. The summed E-state index contributed by atoms with van der Waals surface area (Å²) in [6.45, 7) is 13.2. The van der Waals surface area contributed by atoms with Crippen molar-refractivity contribution in [3.05, 3.63) is 149 Å². The summed E-state index contributed by atoms with van der Waals surface area (Å²) in [4.78, 5) is 52.2. The number of halogens is 1. The first kappa shape index (κ1) is 53.6. The third kappa shape index (κ3) is 22.3. The summed E-state index contributed by atoms with van der Waals surface area (Å²) in [5.41, 5.74) is 7.46. The second-order valence-electron chi connectivity index (χ2n) is 16.3. The lowest BCUT2D eigenvalue weighted by atomic mass is 10.2. The van der Waals surface area contributed by atoms with Gasteiger partial charge in [-0.3, -0.25) is 24.8 Å². The average molecular weight is 966 g/mol. The lowest BCUT2D eigenvalue weighted by Gasteiger charge is -2.24. The number of carbonyl (C=O) groups excluding carboxylic acids is 2. The number of pyridine rings is 6. The van der Waals surface area contributed by atoms with Gasteiger partial charge in [0.05, 0.1) is 0 Å². The van der Waals surface area contributed by atoms with Crippen LogP contribution in [-0.4, -0.2) is 94.1 Å². The van der Waals surface area contributed by atoms with Crippen molar-refractivity contribution in [3.8, 4) is 0 Å². The van der Waals surface area contributed by atoms with Crippen LogP contribution in [0.25, 0.3) is 0 Å². The van der Waals surface area contributed by atoms with Gasteiger partial charge in [0.25, 0.3) is 0 Å². The van der Waals surface area contributed by atoms with E-state index in [4.69, 9.17) is 15.2 Å². The molecular weight excluding hydrogens is 901 g/mol. The van der Waals surface area contributed by atoms with E-state index in [0.29, 0.717) is 35.1 Å². The predicted octanol–water partition coefficient (Wildman–Crippen LogP) is 9.47. The number of rotatable bonds is 13. The largest absolute Gasteiger partial charge is 0.443 e.